The van der Waals surface area contributed by atoms with Gasteiger partial charge in [-0.05, 0) is 36.8 Å². The lowest BCUT2D eigenvalue weighted by Gasteiger charge is -2.13. The topological polar surface area (TPSA) is 60.7 Å². The van der Waals surface area contributed by atoms with Crippen LogP contribution in [0.4, 0.5) is 0 Å². The first kappa shape index (κ1) is 15.1. The highest BCUT2D eigenvalue weighted by molar-refractivity contribution is 5.86. The van der Waals surface area contributed by atoms with Gasteiger partial charge in [-0.15, -0.1) is 0 Å². The third-order valence-corrected chi connectivity index (χ3v) is 3.25. The van der Waals surface area contributed by atoms with Crippen molar-refractivity contribution >= 4 is 5.97 Å². The summed E-state index contributed by atoms with van der Waals surface area (Å²) in [6.07, 6.45) is 0. The predicted octanol–water partition coefficient (Wildman–Crippen LogP) is 2.93. The van der Waals surface area contributed by atoms with Crippen molar-refractivity contribution < 1.29 is 18.7 Å². The van der Waals surface area contributed by atoms with Crippen molar-refractivity contribution in [1.29, 1.82) is 0 Å². The van der Waals surface area contributed by atoms with Crippen LogP contribution in [0.2, 0.25) is 0 Å². The minimum Gasteiger partial charge on any atom is -0.497 e. The van der Waals surface area contributed by atoms with Crippen molar-refractivity contribution in [1.82, 2.24) is 5.32 Å². The zero-order chi connectivity index (χ0) is 15.2. The summed E-state index contributed by atoms with van der Waals surface area (Å²) in [6.45, 7) is 2.59. The fourth-order valence-corrected chi connectivity index (χ4v) is 1.95. The van der Waals surface area contributed by atoms with E-state index in [1.807, 2.05) is 24.3 Å². The number of rotatable bonds is 6. The molecule has 0 aliphatic heterocycles. The number of carbonyl (C=O) groups excluding carboxylic acids is 1. The van der Waals surface area contributed by atoms with Crippen LogP contribution in [0.15, 0.2) is 40.8 Å². The molecule has 112 valence electrons. The van der Waals surface area contributed by atoms with Crippen LogP contribution >= 0.6 is 0 Å². The molecule has 0 saturated carbocycles. The molecule has 0 aliphatic carbocycles. The standard InChI is InChI=1S/C16H19NO4/c1-11(12-4-6-13(19-2)7-5-12)17-10-14-8-9-15(21-14)16(18)20-3/h4-9,11,17H,10H2,1-3H3. The number of hydrogen-bond donors (Lipinski definition) is 1. The highest BCUT2D eigenvalue weighted by atomic mass is 16.5. The van der Waals surface area contributed by atoms with Crippen molar-refractivity contribution in [3.8, 4) is 5.75 Å². The number of esters is 1. The van der Waals surface area contributed by atoms with E-state index in [9.17, 15) is 4.79 Å². The van der Waals surface area contributed by atoms with Crippen LogP contribution in [0.3, 0.4) is 0 Å². The largest absolute Gasteiger partial charge is 0.497 e. The van der Waals surface area contributed by atoms with Crippen molar-refractivity contribution in [3.05, 3.63) is 53.5 Å². The second-order valence-electron chi connectivity index (χ2n) is 4.63. The number of ether oxygens (including phenoxy) is 2. The summed E-state index contributed by atoms with van der Waals surface area (Å²) in [4.78, 5) is 11.3. The molecule has 0 spiro atoms. The molecule has 1 atom stereocenters. The number of carbonyl (C=O) groups is 1. The van der Waals surface area contributed by atoms with Gasteiger partial charge in [0.05, 0.1) is 20.8 Å². The van der Waals surface area contributed by atoms with E-state index in [-0.39, 0.29) is 11.8 Å². The summed E-state index contributed by atoms with van der Waals surface area (Å²) in [5.41, 5.74) is 1.15. The van der Waals surface area contributed by atoms with Gasteiger partial charge in [0.1, 0.15) is 11.5 Å². The Morgan fingerprint density at radius 1 is 1.19 bits per heavy atom. The first-order valence-corrected chi connectivity index (χ1v) is 6.68. The van der Waals surface area contributed by atoms with Gasteiger partial charge in [-0.1, -0.05) is 12.1 Å². The minimum atomic E-state index is -0.468. The molecule has 5 heteroatoms. The minimum absolute atomic E-state index is 0.155. The molecule has 0 fully saturated rings. The van der Waals surface area contributed by atoms with E-state index in [0.29, 0.717) is 12.3 Å². The lowest BCUT2D eigenvalue weighted by Crippen LogP contribution is -2.17. The van der Waals surface area contributed by atoms with Gasteiger partial charge >= 0.3 is 5.97 Å². The molecule has 0 amide bonds. The smallest absolute Gasteiger partial charge is 0.373 e. The number of hydrogen-bond acceptors (Lipinski definition) is 5. The molecular formula is C16H19NO4. The fraction of sp³-hybridized carbons (Fsp3) is 0.312. The first-order valence-electron chi connectivity index (χ1n) is 6.68. The summed E-state index contributed by atoms with van der Waals surface area (Å²) in [7, 11) is 2.97. The van der Waals surface area contributed by atoms with Crippen LogP contribution in [0.25, 0.3) is 0 Å². The number of benzene rings is 1. The predicted molar refractivity (Wildman–Crippen MR) is 78.3 cm³/mol. The van der Waals surface area contributed by atoms with Gasteiger partial charge in [0.15, 0.2) is 0 Å². The third-order valence-electron chi connectivity index (χ3n) is 3.25. The van der Waals surface area contributed by atoms with E-state index in [1.54, 1.807) is 19.2 Å². The fourth-order valence-electron chi connectivity index (χ4n) is 1.95. The zero-order valence-corrected chi connectivity index (χ0v) is 12.4. The van der Waals surface area contributed by atoms with Gasteiger partial charge in [-0.25, -0.2) is 4.79 Å². The Hall–Kier alpha value is -2.27. The summed E-state index contributed by atoms with van der Waals surface area (Å²) >= 11 is 0. The lowest BCUT2D eigenvalue weighted by atomic mass is 10.1. The van der Waals surface area contributed by atoms with E-state index in [0.717, 1.165) is 11.3 Å². The molecule has 1 aromatic heterocycles. The SMILES string of the molecule is COC(=O)c1ccc(CNC(C)c2ccc(OC)cc2)o1. The van der Waals surface area contributed by atoms with Gasteiger partial charge in [0.2, 0.25) is 5.76 Å². The summed E-state index contributed by atoms with van der Waals surface area (Å²) in [5, 5.41) is 3.34. The maximum atomic E-state index is 11.3. The third kappa shape index (κ3) is 3.86. The lowest BCUT2D eigenvalue weighted by molar-refractivity contribution is 0.0563. The molecule has 0 radical (unpaired) electrons. The number of nitrogens with one attached hydrogen (secondary N) is 1. The summed E-state index contributed by atoms with van der Waals surface area (Å²) in [5.74, 6) is 1.27. The van der Waals surface area contributed by atoms with Crippen molar-refractivity contribution in [3.63, 3.8) is 0 Å². The molecule has 1 aromatic carbocycles. The van der Waals surface area contributed by atoms with Crippen LogP contribution in [0.1, 0.15) is 34.8 Å². The van der Waals surface area contributed by atoms with E-state index >= 15 is 0 Å². The summed E-state index contributed by atoms with van der Waals surface area (Å²) < 4.78 is 15.1. The monoisotopic (exact) mass is 289 g/mol. The van der Waals surface area contributed by atoms with E-state index in [2.05, 4.69) is 17.0 Å². The molecular weight excluding hydrogens is 270 g/mol. The number of furan rings is 1. The van der Waals surface area contributed by atoms with Gasteiger partial charge in [-0.3, -0.25) is 0 Å². The molecule has 21 heavy (non-hydrogen) atoms. The van der Waals surface area contributed by atoms with E-state index < -0.39 is 5.97 Å². The quantitative estimate of drug-likeness (QED) is 0.828. The van der Waals surface area contributed by atoms with E-state index in [4.69, 9.17) is 9.15 Å². The van der Waals surface area contributed by atoms with Crippen molar-refractivity contribution in [2.45, 2.75) is 19.5 Å². The van der Waals surface area contributed by atoms with E-state index in [1.165, 1.54) is 7.11 Å². The first-order chi connectivity index (χ1) is 10.1. The Balaban J connectivity index is 1.92. The molecule has 5 nitrogen and oxygen atoms in total. The normalized spacial score (nSPS) is 12.0. The zero-order valence-electron chi connectivity index (χ0n) is 12.4. The molecule has 2 aromatic rings. The molecule has 0 aliphatic rings. The number of methoxy groups -OCH3 is 2. The maximum Gasteiger partial charge on any atom is 0.373 e. The van der Waals surface area contributed by atoms with Crippen LogP contribution in [0.5, 0.6) is 5.75 Å². The van der Waals surface area contributed by atoms with Crippen LogP contribution in [-0.2, 0) is 11.3 Å². The Labute approximate surface area is 123 Å². The molecule has 0 saturated heterocycles. The van der Waals surface area contributed by atoms with Gasteiger partial charge in [0, 0.05) is 6.04 Å². The van der Waals surface area contributed by atoms with Gasteiger partial charge in [0.25, 0.3) is 0 Å². The maximum absolute atomic E-state index is 11.3. The molecule has 1 N–H and O–H groups in total. The van der Waals surface area contributed by atoms with Gasteiger partial charge < -0.3 is 19.2 Å². The van der Waals surface area contributed by atoms with Crippen LogP contribution in [0, 0.1) is 0 Å². The Morgan fingerprint density at radius 2 is 1.90 bits per heavy atom. The Kier molecular flexibility index (Phi) is 5.00. The molecule has 0 bridgehead atoms. The Bertz CT molecular complexity index is 589. The molecule has 2 rings (SSSR count). The summed E-state index contributed by atoms with van der Waals surface area (Å²) in [6, 6.07) is 11.4. The van der Waals surface area contributed by atoms with Crippen LogP contribution in [-0.4, -0.2) is 20.2 Å². The molecule has 1 heterocycles. The highest BCUT2D eigenvalue weighted by Gasteiger charge is 2.12. The average Bonchev–Trinajstić information content (AvgIpc) is 3.01. The Morgan fingerprint density at radius 3 is 2.52 bits per heavy atom. The second kappa shape index (κ2) is 6.95. The van der Waals surface area contributed by atoms with Crippen LogP contribution < -0.4 is 10.1 Å². The van der Waals surface area contributed by atoms with Gasteiger partial charge in [-0.2, -0.15) is 0 Å². The average molecular weight is 289 g/mol. The molecule has 1 unspecified atom stereocenters. The van der Waals surface area contributed by atoms with Crippen molar-refractivity contribution in [2.75, 3.05) is 14.2 Å². The highest BCUT2D eigenvalue weighted by Crippen LogP contribution is 2.18. The van der Waals surface area contributed by atoms with Crippen molar-refractivity contribution in [2.24, 2.45) is 0 Å². The second-order valence-corrected chi connectivity index (χ2v) is 4.63.